The third kappa shape index (κ3) is 4.26. The summed E-state index contributed by atoms with van der Waals surface area (Å²) >= 11 is 3.08. The Morgan fingerprint density at radius 2 is 2.04 bits per heavy atom. The van der Waals surface area contributed by atoms with Gasteiger partial charge in [0.05, 0.1) is 9.40 Å². The number of hydrogen-bond acceptors (Lipinski definition) is 4. The minimum absolute atomic E-state index is 0.0786. The van der Waals surface area contributed by atoms with Crippen molar-refractivity contribution in [2.45, 2.75) is 0 Å². The van der Waals surface area contributed by atoms with Crippen molar-refractivity contribution in [2.24, 2.45) is 0 Å². The van der Waals surface area contributed by atoms with Crippen molar-refractivity contribution < 1.29 is 14.5 Å². The van der Waals surface area contributed by atoms with Gasteiger partial charge in [-0.1, -0.05) is 12.0 Å². The van der Waals surface area contributed by atoms with Crippen LogP contribution in [0.2, 0.25) is 0 Å². The summed E-state index contributed by atoms with van der Waals surface area (Å²) in [7, 11) is 1.45. The highest BCUT2D eigenvalue weighted by Crippen LogP contribution is 2.27. The summed E-state index contributed by atoms with van der Waals surface area (Å²) in [6.45, 7) is -0.257. The van der Waals surface area contributed by atoms with E-state index in [-0.39, 0.29) is 22.3 Å². The van der Waals surface area contributed by atoms with Crippen molar-refractivity contribution in [3.05, 3.63) is 68.2 Å². The summed E-state index contributed by atoms with van der Waals surface area (Å²) in [5, 5.41) is 13.6. The van der Waals surface area contributed by atoms with E-state index in [1.807, 2.05) is 0 Å². The minimum Gasteiger partial charge on any atom is -0.358 e. The molecular formula is C18H14BrN3O4. The molecule has 0 heterocycles. The van der Waals surface area contributed by atoms with Crippen LogP contribution in [0.25, 0.3) is 0 Å². The Kier molecular flexibility index (Phi) is 6.09. The molecular weight excluding hydrogens is 402 g/mol. The molecule has 0 radical (unpaired) electrons. The molecule has 26 heavy (non-hydrogen) atoms. The quantitative estimate of drug-likeness (QED) is 0.461. The SMILES string of the molecule is C#Cc1cccc(N(CC(=O)NC)C(=O)c2ccc(Br)c([N+](=O)[O-])c2)c1. The van der Waals surface area contributed by atoms with E-state index < -0.39 is 16.7 Å². The van der Waals surface area contributed by atoms with Gasteiger partial charge in [-0.05, 0) is 46.3 Å². The summed E-state index contributed by atoms with van der Waals surface area (Å²) in [5.41, 5.74) is 0.793. The minimum atomic E-state index is -0.594. The Bertz CT molecular complexity index is 921. The van der Waals surface area contributed by atoms with Crippen molar-refractivity contribution in [3.8, 4) is 12.3 Å². The van der Waals surface area contributed by atoms with Crippen LogP contribution in [0.3, 0.4) is 0 Å². The normalized spacial score (nSPS) is 9.88. The molecule has 2 rings (SSSR count). The predicted octanol–water partition coefficient (Wildman–Crippen LogP) is 2.73. The van der Waals surface area contributed by atoms with Gasteiger partial charge in [0.25, 0.3) is 11.6 Å². The fourth-order valence-electron chi connectivity index (χ4n) is 2.21. The van der Waals surface area contributed by atoms with E-state index in [9.17, 15) is 19.7 Å². The lowest BCUT2D eigenvalue weighted by atomic mass is 10.1. The summed E-state index contributed by atoms with van der Waals surface area (Å²) in [5.74, 6) is 1.52. The number of hydrogen-bond donors (Lipinski definition) is 1. The van der Waals surface area contributed by atoms with E-state index in [0.717, 1.165) is 6.07 Å². The van der Waals surface area contributed by atoms with Gasteiger partial charge in [-0.2, -0.15) is 0 Å². The Hall–Kier alpha value is -3.18. The predicted molar refractivity (Wildman–Crippen MR) is 101 cm³/mol. The third-order valence-corrected chi connectivity index (χ3v) is 4.21. The molecule has 2 amide bonds. The summed E-state index contributed by atoms with van der Waals surface area (Å²) < 4.78 is 0.256. The van der Waals surface area contributed by atoms with Gasteiger partial charge in [-0.15, -0.1) is 6.42 Å². The van der Waals surface area contributed by atoms with Gasteiger partial charge < -0.3 is 5.32 Å². The molecule has 0 atom stereocenters. The van der Waals surface area contributed by atoms with Crippen LogP contribution in [0.5, 0.6) is 0 Å². The molecule has 0 aliphatic heterocycles. The van der Waals surface area contributed by atoms with Crippen LogP contribution in [0.4, 0.5) is 11.4 Å². The fraction of sp³-hybridized carbons (Fsp3) is 0.111. The molecule has 0 bridgehead atoms. The van der Waals surface area contributed by atoms with Crippen LogP contribution in [0.1, 0.15) is 15.9 Å². The van der Waals surface area contributed by atoms with Crippen LogP contribution >= 0.6 is 15.9 Å². The summed E-state index contributed by atoms with van der Waals surface area (Å²) in [6.07, 6.45) is 5.39. The van der Waals surface area contributed by atoms with E-state index in [2.05, 4.69) is 27.2 Å². The molecule has 1 N–H and O–H groups in total. The molecule has 2 aromatic rings. The lowest BCUT2D eigenvalue weighted by Gasteiger charge is -2.22. The Balaban J connectivity index is 2.49. The van der Waals surface area contributed by atoms with E-state index in [1.54, 1.807) is 24.3 Å². The number of terminal acetylenes is 1. The monoisotopic (exact) mass is 415 g/mol. The topological polar surface area (TPSA) is 92.6 Å². The van der Waals surface area contributed by atoms with E-state index in [1.165, 1.54) is 24.1 Å². The molecule has 0 saturated carbocycles. The number of carbonyl (C=O) groups excluding carboxylic acids is 2. The smallest absolute Gasteiger partial charge is 0.284 e. The lowest BCUT2D eigenvalue weighted by molar-refractivity contribution is -0.385. The van der Waals surface area contributed by atoms with Gasteiger partial charge in [-0.25, -0.2) is 0 Å². The second-order valence-corrected chi connectivity index (χ2v) is 6.04. The molecule has 7 nitrogen and oxygen atoms in total. The van der Waals surface area contributed by atoms with Crippen molar-refractivity contribution in [2.75, 3.05) is 18.5 Å². The van der Waals surface area contributed by atoms with Crippen LogP contribution in [-0.4, -0.2) is 30.3 Å². The van der Waals surface area contributed by atoms with Gasteiger partial charge >= 0.3 is 0 Å². The number of nitrogens with one attached hydrogen (secondary N) is 1. The molecule has 8 heteroatoms. The van der Waals surface area contributed by atoms with Gasteiger partial charge in [0, 0.05) is 29.9 Å². The van der Waals surface area contributed by atoms with E-state index in [4.69, 9.17) is 6.42 Å². The number of nitrogens with zero attached hydrogens (tertiary/aromatic N) is 2. The average molecular weight is 416 g/mol. The third-order valence-electron chi connectivity index (χ3n) is 3.54. The molecule has 2 aromatic carbocycles. The van der Waals surface area contributed by atoms with Crippen molar-refractivity contribution in [1.29, 1.82) is 0 Å². The Labute approximate surface area is 158 Å². The lowest BCUT2D eigenvalue weighted by Crippen LogP contribution is -2.39. The highest BCUT2D eigenvalue weighted by molar-refractivity contribution is 9.10. The number of benzene rings is 2. The largest absolute Gasteiger partial charge is 0.358 e. The summed E-state index contributed by atoms with van der Waals surface area (Å²) in [4.78, 5) is 36.5. The summed E-state index contributed by atoms with van der Waals surface area (Å²) in [6, 6.07) is 10.6. The molecule has 0 unspecified atom stereocenters. The highest BCUT2D eigenvalue weighted by Gasteiger charge is 2.23. The maximum atomic E-state index is 12.9. The second kappa shape index (κ2) is 8.27. The number of amides is 2. The van der Waals surface area contributed by atoms with Crippen molar-refractivity contribution >= 4 is 39.1 Å². The second-order valence-electron chi connectivity index (χ2n) is 5.18. The number of anilines is 1. The van der Waals surface area contributed by atoms with Gasteiger partial charge in [0.1, 0.15) is 6.54 Å². The number of nitro benzene ring substituents is 1. The number of likely N-dealkylation sites (N-methyl/N-ethyl adjacent to an activating group) is 1. The van der Waals surface area contributed by atoms with Crippen LogP contribution < -0.4 is 10.2 Å². The molecule has 0 fully saturated rings. The van der Waals surface area contributed by atoms with E-state index >= 15 is 0 Å². The zero-order valence-electron chi connectivity index (χ0n) is 13.7. The maximum absolute atomic E-state index is 12.9. The first kappa shape index (κ1) is 19.1. The van der Waals surface area contributed by atoms with Gasteiger partial charge in [-0.3, -0.25) is 24.6 Å². The number of nitro groups is 1. The van der Waals surface area contributed by atoms with Crippen LogP contribution in [-0.2, 0) is 4.79 Å². The first-order valence-electron chi connectivity index (χ1n) is 7.40. The Morgan fingerprint density at radius 1 is 1.31 bits per heavy atom. The van der Waals surface area contributed by atoms with Gasteiger partial charge in [0.15, 0.2) is 0 Å². The van der Waals surface area contributed by atoms with Crippen molar-refractivity contribution in [1.82, 2.24) is 5.32 Å². The molecule has 132 valence electrons. The Morgan fingerprint density at radius 3 is 2.65 bits per heavy atom. The van der Waals surface area contributed by atoms with Gasteiger partial charge in [0.2, 0.25) is 5.91 Å². The molecule has 0 saturated heterocycles. The molecule has 0 aromatic heterocycles. The highest BCUT2D eigenvalue weighted by atomic mass is 79.9. The molecule has 0 aliphatic rings. The number of halogens is 1. The first-order valence-corrected chi connectivity index (χ1v) is 8.19. The molecule has 0 spiro atoms. The van der Waals surface area contributed by atoms with Crippen LogP contribution in [0, 0.1) is 22.5 Å². The number of carbonyl (C=O) groups is 2. The zero-order chi connectivity index (χ0) is 19.3. The first-order chi connectivity index (χ1) is 12.4. The maximum Gasteiger partial charge on any atom is 0.284 e. The fourth-order valence-corrected chi connectivity index (χ4v) is 2.60. The van der Waals surface area contributed by atoms with Crippen LogP contribution in [0.15, 0.2) is 46.9 Å². The van der Waals surface area contributed by atoms with E-state index in [0.29, 0.717) is 11.3 Å². The average Bonchev–Trinajstić information content (AvgIpc) is 2.65. The standard InChI is InChI=1S/C18H14BrN3O4/c1-3-12-5-4-6-14(9-12)21(11-17(23)20-2)18(24)13-7-8-15(19)16(10-13)22(25)26/h1,4-10H,11H2,2H3,(H,20,23). The molecule has 0 aliphatic carbocycles. The van der Waals surface area contributed by atoms with Crippen molar-refractivity contribution in [3.63, 3.8) is 0 Å². The zero-order valence-corrected chi connectivity index (χ0v) is 15.3. The number of rotatable bonds is 5.